The number of rotatable bonds is 7. The van der Waals surface area contributed by atoms with E-state index < -0.39 is 24.0 Å². The van der Waals surface area contributed by atoms with Crippen LogP contribution in [0.25, 0.3) is 5.69 Å². The topological polar surface area (TPSA) is 83.3 Å². The third-order valence-corrected chi connectivity index (χ3v) is 4.53. The first-order valence-corrected chi connectivity index (χ1v) is 9.11. The van der Waals surface area contributed by atoms with Crippen molar-refractivity contribution < 1.29 is 19.1 Å². The Bertz CT molecular complexity index is 813. The number of aromatic nitrogens is 3. The minimum Gasteiger partial charge on any atom is -0.469 e. The fraction of sp³-hybridized carbons (Fsp3) is 0.500. The monoisotopic (exact) mass is 373 g/mol. The largest absolute Gasteiger partial charge is 0.469 e. The van der Waals surface area contributed by atoms with Gasteiger partial charge in [0, 0.05) is 0 Å². The maximum atomic E-state index is 12.5. The normalized spacial score (nSPS) is 13.3. The van der Waals surface area contributed by atoms with Crippen LogP contribution in [0.3, 0.4) is 0 Å². The molecule has 1 heterocycles. The summed E-state index contributed by atoms with van der Waals surface area (Å²) in [6.07, 6.45) is -0.113. The smallest absolute Gasteiger partial charge is 0.378 e. The van der Waals surface area contributed by atoms with Crippen molar-refractivity contribution >= 4 is 11.9 Å². The summed E-state index contributed by atoms with van der Waals surface area (Å²) in [7, 11) is 1.31. The van der Waals surface area contributed by atoms with Gasteiger partial charge in [0.25, 0.3) is 5.82 Å². The molecular formula is C20H27N3O4. The van der Waals surface area contributed by atoms with Crippen molar-refractivity contribution in [2.24, 2.45) is 5.92 Å². The molecule has 0 bridgehead atoms. The van der Waals surface area contributed by atoms with Gasteiger partial charge < -0.3 is 9.47 Å². The lowest BCUT2D eigenvalue weighted by Crippen LogP contribution is -2.31. The molecule has 0 saturated carbocycles. The van der Waals surface area contributed by atoms with Crippen LogP contribution in [0.5, 0.6) is 0 Å². The number of benzene rings is 1. The number of ether oxygens (including phenoxy) is 2. The van der Waals surface area contributed by atoms with Gasteiger partial charge in [0.2, 0.25) is 0 Å². The summed E-state index contributed by atoms with van der Waals surface area (Å²) in [5.41, 5.74) is 1.99. The van der Waals surface area contributed by atoms with E-state index in [0.717, 1.165) is 11.3 Å². The molecule has 146 valence electrons. The van der Waals surface area contributed by atoms with Crippen LogP contribution < -0.4 is 0 Å². The molecule has 0 N–H and O–H groups in total. The second kappa shape index (κ2) is 8.79. The quantitative estimate of drug-likeness (QED) is 0.691. The molecule has 0 fully saturated rings. The summed E-state index contributed by atoms with van der Waals surface area (Å²) in [6.45, 7) is 9.49. The molecule has 27 heavy (non-hydrogen) atoms. The van der Waals surface area contributed by atoms with Gasteiger partial charge in [-0.1, -0.05) is 39.0 Å². The Hall–Kier alpha value is -2.70. The molecule has 0 aliphatic heterocycles. The lowest BCUT2D eigenvalue weighted by Gasteiger charge is -2.20. The van der Waals surface area contributed by atoms with Crippen LogP contribution in [-0.2, 0) is 14.3 Å². The van der Waals surface area contributed by atoms with Gasteiger partial charge in [0.15, 0.2) is 0 Å². The molecular weight excluding hydrogens is 346 g/mol. The third kappa shape index (κ3) is 4.53. The maximum Gasteiger partial charge on any atom is 0.378 e. The average Bonchev–Trinajstić information content (AvgIpc) is 3.06. The van der Waals surface area contributed by atoms with E-state index in [4.69, 9.17) is 9.47 Å². The van der Waals surface area contributed by atoms with Gasteiger partial charge in [-0.05, 0) is 37.8 Å². The first-order valence-electron chi connectivity index (χ1n) is 9.11. The molecule has 0 amide bonds. The second-order valence-electron chi connectivity index (χ2n) is 6.77. The number of aryl methyl sites for hydroxylation is 1. The highest BCUT2D eigenvalue weighted by Gasteiger charge is 2.29. The Morgan fingerprint density at radius 3 is 2.44 bits per heavy atom. The standard InChI is InChI=1S/C20H27N3O4/c1-7-17(13(4)19(24)26-6)27-20(25)18-21-14(5)23(22-18)16-11-9-8-10-15(16)12(2)3/h8-13,17H,7H2,1-6H3. The molecule has 2 rings (SSSR count). The van der Waals surface area contributed by atoms with Crippen molar-refractivity contribution in [3.63, 3.8) is 0 Å². The van der Waals surface area contributed by atoms with E-state index >= 15 is 0 Å². The van der Waals surface area contributed by atoms with Crippen LogP contribution in [0.2, 0.25) is 0 Å². The minimum atomic E-state index is -0.651. The molecule has 2 atom stereocenters. The van der Waals surface area contributed by atoms with Gasteiger partial charge in [-0.3, -0.25) is 4.79 Å². The molecule has 0 saturated heterocycles. The summed E-state index contributed by atoms with van der Waals surface area (Å²) in [5, 5.41) is 4.35. The van der Waals surface area contributed by atoms with Crippen LogP contribution in [0, 0.1) is 12.8 Å². The van der Waals surface area contributed by atoms with Gasteiger partial charge in [0.1, 0.15) is 11.9 Å². The van der Waals surface area contributed by atoms with E-state index in [2.05, 4.69) is 23.9 Å². The van der Waals surface area contributed by atoms with Crippen molar-refractivity contribution in [1.82, 2.24) is 14.8 Å². The molecule has 0 spiro atoms. The maximum absolute atomic E-state index is 12.5. The predicted molar refractivity (Wildman–Crippen MR) is 101 cm³/mol. The Labute approximate surface area is 159 Å². The number of carbonyl (C=O) groups excluding carboxylic acids is 2. The van der Waals surface area contributed by atoms with Crippen LogP contribution in [0.15, 0.2) is 24.3 Å². The van der Waals surface area contributed by atoms with E-state index in [9.17, 15) is 9.59 Å². The van der Waals surface area contributed by atoms with E-state index in [-0.39, 0.29) is 5.82 Å². The summed E-state index contributed by atoms with van der Waals surface area (Å²) in [4.78, 5) is 28.5. The number of methoxy groups -OCH3 is 1. The first kappa shape index (κ1) is 20.6. The zero-order valence-electron chi connectivity index (χ0n) is 16.7. The van der Waals surface area contributed by atoms with Gasteiger partial charge >= 0.3 is 11.9 Å². The molecule has 1 aromatic heterocycles. The molecule has 0 aliphatic carbocycles. The Kier molecular flexibility index (Phi) is 6.71. The second-order valence-corrected chi connectivity index (χ2v) is 6.77. The molecule has 2 unspecified atom stereocenters. The van der Waals surface area contributed by atoms with Gasteiger partial charge in [0.05, 0.1) is 18.7 Å². The summed E-state index contributed by atoms with van der Waals surface area (Å²) >= 11 is 0. The molecule has 0 aliphatic rings. The predicted octanol–water partition coefficient (Wildman–Crippen LogP) is 3.44. The lowest BCUT2D eigenvalue weighted by molar-refractivity contribution is -0.148. The van der Waals surface area contributed by atoms with E-state index in [1.54, 1.807) is 18.5 Å². The highest BCUT2D eigenvalue weighted by Crippen LogP contribution is 2.23. The molecule has 0 radical (unpaired) electrons. The molecule has 7 heteroatoms. The fourth-order valence-electron chi connectivity index (χ4n) is 2.94. The minimum absolute atomic E-state index is 0.0263. The van der Waals surface area contributed by atoms with Crippen LogP contribution >= 0.6 is 0 Å². The molecule has 1 aromatic carbocycles. The van der Waals surface area contributed by atoms with E-state index in [0.29, 0.717) is 18.2 Å². The number of esters is 2. The summed E-state index contributed by atoms with van der Waals surface area (Å²) < 4.78 is 11.9. The van der Waals surface area contributed by atoms with Crippen molar-refractivity contribution in [1.29, 1.82) is 0 Å². The van der Waals surface area contributed by atoms with Crippen LogP contribution in [0.1, 0.15) is 62.0 Å². The van der Waals surface area contributed by atoms with Crippen LogP contribution in [-0.4, -0.2) is 39.9 Å². The van der Waals surface area contributed by atoms with E-state index in [1.807, 2.05) is 31.2 Å². The summed E-state index contributed by atoms with van der Waals surface area (Å²) in [6, 6.07) is 7.87. The SMILES string of the molecule is CCC(OC(=O)c1nc(C)n(-c2ccccc2C(C)C)n1)C(C)C(=O)OC. The number of carbonyl (C=O) groups is 2. The summed E-state index contributed by atoms with van der Waals surface area (Å²) in [5.74, 6) is -0.776. The first-order chi connectivity index (χ1) is 12.8. The fourth-order valence-corrected chi connectivity index (χ4v) is 2.94. The third-order valence-electron chi connectivity index (χ3n) is 4.53. The lowest BCUT2D eigenvalue weighted by atomic mass is 10.0. The number of hydrogen-bond acceptors (Lipinski definition) is 6. The Morgan fingerprint density at radius 1 is 1.19 bits per heavy atom. The Balaban J connectivity index is 2.28. The number of nitrogens with zero attached hydrogens (tertiary/aromatic N) is 3. The number of hydrogen-bond donors (Lipinski definition) is 0. The Morgan fingerprint density at radius 2 is 1.85 bits per heavy atom. The highest BCUT2D eigenvalue weighted by atomic mass is 16.6. The van der Waals surface area contributed by atoms with Gasteiger partial charge in [-0.15, -0.1) is 5.10 Å². The van der Waals surface area contributed by atoms with Crippen molar-refractivity contribution in [3.8, 4) is 5.69 Å². The molecule has 7 nitrogen and oxygen atoms in total. The zero-order chi connectivity index (χ0) is 20.1. The molecule has 2 aromatic rings. The van der Waals surface area contributed by atoms with Gasteiger partial charge in [-0.2, -0.15) is 0 Å². The highest BCUT2D eigenvalue weighted by molar-refractivity contribution is 5.85. The van der Waals surface area contributed by atoms with Crippen molar-refractivity contribution in [3.05, 3.63) is 41.5 Å². The zero-order valence-corrected chi connectivity index (χ0v) is 16.7. The van der Waals surface area contributed by atoms with Crippen molar-refractivity contribution in [2.45, 2.75) is 53.1 Å². The van der Waals surface area contributed by atoms with Crippen molar-refractivity contribution in [2.75, 3.05) is 7.11 Å². The van der Waals surface area contributed by atoms with Gasteiger partial charge in [-0.25, -0.2) is 14.5 Å². The average molecular weight is 373 g/mol. The number of para-hydroxylation sites is 1. The van der Waals surface area contributed by atoms with Crippen LogP contribution in [0.4, 0.5) is 0 Å². The van der Waals surface area contributed by atoms with E-state index in [1.165, 1.54) is 7.11 Å².